The van der Waals surface area contributed by atoms with Crippen molar-refractivity contribution in [2.45, 2.75) is 10.3 Å². The summed E-state index contributed by atoms with van der Waals surface area (Å²) in [6.07, 6.45) is -0.861. The van der Waals surface area contributed by atoms with Gasteiger partial charge in [0, 0.05) is 6.54 Å². The number of halogens is 2. The maximum atomic E-state index is 12.0. The van der Waals surface area contributed by atoms with Crippen molar-refractivity contribution in [3.63, 3.8) is 0 Å². The molecule has 0 radical (unpaired) electrons. The zero-order valence-corrected chi connectivity index (χ0v) is 14.1. The Hall–Kier alpha value is 0.0400. The molecule has 0 fully saturated rings. The number of aliphatic hydroxyl groups excluding tert-OH is 1. The first-order valence-electron chi connectivity index (χ1n) is 5.05. The minimum Gasteiger partial charge on any atom is -0.387 e. The van der Waals surface area contributed by atoms with Crippen molar-refractivity contribution < 1.29 is 13.5 Å². The van der Waals surface area contributed by atoms with E-state index in [9.17, 15) is 13.5 Å². The van der Waals surface area contributed by atoms with Crippen LogP contribution in [0.4, 0.5) is 0 Å². The van der Waals surface area contributed by atoms with Crippen LogP contribution in [-0.4, -0.2) is 20.1 Å². The van der Waals surface area contributed by atoms with Gasteiger partial charge in [0.1, 0.15) is 4.21 Å². The minimum atomic E-state index is -3.65. The number of sulfonamides is 1. The lowest BCUT2D eigenvalue weighted by molar-refractivity contribution is 0.182. The van der Waals surface area contributed by atoms with Crippen molar-refractivity contribution >= 4 is 60.2 Å². The van der Waals surface area contributed by atoms with E-state index in [0.29, 0.717) is 14.4 Å². The molecule has 19 heavy (non-hydrogen) atoms. The lowest BCUT2D eigenvalue weighted by Crippen LogP contribution is -2.27. The Kier molecular flexibility index (Phi) is 5.04. The van der Waals surface area contributed by atoms with E-state index in [1.54, 1.807) is 11.4 Å². The standard InChI is InChI=1S/C10H9BrClNO3S3/c11-10-7(12)3-9(18-10)19(15,16)13-4-8(14)6-1-2-17-5-6/h1-3,5,8,13-14H,4H2. The van der Waals surface area contributed by atoms with Crippen molar-refractivity contribution in [1.82, 2.24) is 4.72 Å². The first kappa shape index (κ1) is 15.4. The Morgan fingerprint density at radius 2 is 2.26 bits per heavy atom. The summed E-state index contributed by atoms with van der Waals surface area (Å²) in [5.41, 5.74) is 0.693. The quantitative estimate of drug-likeness (QED) is 0.807. The van der Waals surface area contributed by atoms with E-state index in [1.165, 1.54) is 17.4 Å². The topological polar surface area (TPSA) is 66.4 Å². The molecule has 2 rings (SSSR count). The normalized spacial score (nSPS) is 13.6. The largest absolute Gasteiger partial charge is 0.387 e. The van der Waals surface area contributed by atoms with Crippen molar-refractivity contribution in [3.05, 3.63) is 37.3 Å². The molecule has 0 saturated carbocycles. The van der Waals surface area contributed by atoms with Gasteiger partial charge in [0.2, 0.25) is 10.0 Å². The van der Waals surface area contributed by atoms with Crippen LogP contribution < -0.4 is 4.72 Å². The first-order chi connectivity index (χ1) is 8.90. The molecule has 2 aromatic rings. The van der Waals surface area contributed by atoms with Crippen LogP contribution in [0.2, 0.25) is 5.02 Å². The highest BCUT2D eigenvalue weighted by atomic mass is 79.9. The van der Waals surface area contributed by atoms with Gasteiger partial charge >= 0.3 is 0 Å². The Morgan fingerprint density at radius 1 is 1.53 bits per heavy atom. The van der Waals surface area contributed by atoms with Crippen LogP contribution in [0.15, 0.2) is 30.9 Å². The SMILES string of the molecule is O=S(=O)(NCC(O)c1ccsc1)c1cc(Cl)c(Br)s1. The highest BCUT2D eigenvalue weighted by molar-refractivity contribution is 9.11. The number of hydrogen-bond acceptors (Lipinski definition) is 5. The highest BCUT2D eigenvalue weighted by Crippen LogP contribution is 2.34. The van der Waals surface area contributed by atoms with E-state index in [1.807, 2.05) is 5.38 Å². The molecule has 0 bridgehead atoms. The number of nitrogens with one attached hydrogen (secondary N) is 1. The summed E-state index contributed by atoms with van der Waals surface area (Å²) < 4.78 is 27.0. The van der Waals surface area contributed by atoms with Crippen LogP contribution in [-0.2, 0) is 10.0 Å². The van der Waals surface area contributed by atoms with Crippen molar-refractivity contribution in [1.29, 1.82) is 0 Å². The fraction of sp³-hybridized carbons (Fsp3) is 0.200. The molecule has 2 aromatic heterocycles. The van der Waals surface area contributed by atoms with Crippen molar-refractivity contribution in [2.75, 3.05) is 6.54 Å². The van der Waals surface area contributed by atoms with E-state index in [2.05, 4.69) is 20.7 Å². The Bertz CT molecular complexity index is 634. The molecule has 2 heterocycles. The van der Waals surface area contributed by atoms with Gasteiger partial charge in [-0.1, -0.05) is 11.6 Å². The van der Waals surface area contributed by atoms with Gasteiger partial charge in [0.05, 0.1) is 14.9 Å². The van der Waals surface area contributed by atoms with Gasteiger partial charge < -0.3 is 5.11 Å². The zero-order valence-electron chi connectivity index (χ0n) is 9.34. The molecule has 0 spiro atoms. The zero-order chi connectivity index (χ0) is 14.0. The molecule has 2 N–H and O–H groups in total. The van der Waals surface area contributed by atoms with Crippen molar-refractivity contribution in [3.8, 4) is 0 Å². The monoisotopic (exact) mass is 401 g/mol. The Morgan fingerprint density at radius 3 is 2.79 bits per heavy atom. The molecule has 1 unspecified atom stereocenters. The molecular formula is C10H9BrClNO3S3. The van der Waals surface area contributed by atoms with Crippen LogP contribution >= 0.6 is 50.2 Å². The smallest absolute Gasteiger partial charge is 0.250 e. The molecule has 0 aromatic carbocycles. The average Bonchev–Trinajstić information content (AvgIpc) is 2.98. The average molecular weight is 403 g/mol. The van der Waals surface area contributed by atoms with Gasteiger partial charge in [-0.3, -0.25) is 0 Å². The van der Waals surface area contributed by atoms with Gasteiger partial charge in [0.15, 0.2) is 0 Å². The second-order valence-electron chi connectivity index (χ2n) is 3.61. The van der Waals surface area contributed by atoms with E-state index in [0.717, 1.165) is 11.3 Å². The molecule has 4 nitrogen and oxygen atoms in total. The third kappa shape index (κ3) is 3.78. The van der Waals surface area contributed by atoms with E-state index in [-0.39, 0.29) is 10.8 Å². The molecule has 0 aliphatic rings. The molecule has 1 atom stereocenters. The molecule has 0 aliphatic heterocycles. The molecular weight excluding hydrogens is 394 g/mol. The highest BCUT2D eigenvalue weighted by Gasteiger charge is 2.20. The van der Waals surface area contributed by atoms with Gasteiger partial charge in [-0.2, -0.15) is 11.3 Å². The summed E-state index contributed by atoms with van der Waals surface area (Å²) >= 11 is 11.4. The van der Waals surface area contributed by atoms with Gasteiger partial charge in [-0.25, -0.2) is 13.1 Å². The number of thiophene rings is 2. The third-order valence-electron chi connectivity index (χ3n) is 2.28. The second kappa shape index (κ2) is 6.21. The molecule has 0 saturated heterocycles. The van der Waals surface area contributed by atoms with Crippen LogP contribution in [0.25, 0.3) is 0 Å². The number of aliphatic hydroxyl groups is 1. The van der Waals surface area contributed by atoms with Crippen LogP contribution in [0.1, 0.15) is 11.7 Å². The molecule has 0 amide bonds. The summed E-state index contributed by atoms with van der Waals surface area (Å²) in [5, 5.41) is 13.8. The lowest BCUT2D eigenvalue weighted by Gasteiger charge is -2.09. The van der Waals surface area contributed by atoms with E-state index >= 15 is 0 Å². The summed E-state index contributed by atoms with van der Waals surface area (Å²) in [6.45, 7) is -0.0772. The summed E-state index contributed by atoms with van der Waals surface area (Å²) in [6, 6.07) is 3.12. The van der Waals surface area contributed by atoms with Gasteiger partial charge in [-0.05, 0) is 44.4 Å². The lowest BCUT2D eigenvalue weighted by atomic mass is 10.2. The second-order valence-corrected chi connectivity index (χ2v) is 9.16. The Balaban J connectivity index is 2.06. The third-order valence-corrected chi connectivity index (χ3v) is 7.36. The molecule has 104 valence electrons. The summed E-state index contributed by atoms with van der Waals surface area (Å²) in [4.78, 5) is 0. The predicted molar refractivity (Wildman–Crippen MR) is 81.5 cm³/mol. The van der Waals surface area contributed by atoms with E-state index in [4.69, 9.17) is 11.6 Å². The number of rotatable bonds is 5. The predicted octanol–water partition coefficient (Wildman–Crippen LogP) is 3.24. The van der Waals surface area contributed by atoms with Crippen molar-refractivity contribution in [2.24, 2.45) is 0 Å². The maximum Gasteiger partial charge on any atom is 0.250 e. The van der Waals surface area contributed by atoms with E-state index < -0.39 is 16.1 Å². The first-order valence-corrected chi connectivity index (χ1v) is 9.46. The minimum absolute atomic E-state index is 0.0772. The fourth-order valence-electron chi connectivity index (χ4n) is 1.30. The van der Waals surface area contributed by atoms with Crippen LogP contribution in [0.3, 0.4) is 0 Å². The van der Waals surface area contributed by atoms with Crippen LogP contribution in [0.5, 0.6) is 0 Å². The molecule has 0 aliphatic carbocycles. The van der Waals surface area contributed by atoms with Gasteiger partial charge in [-0.15, -0.1) is 11.3 Å². The summed E-state index contributed by atoms with van der Waals surface area (Å²) in [5.74, 6) is 0. The van der Waals surface area contributed by atoms with Gasteiger partial charge in [0.25, 0.3) is 0 Å². The molecule has 9 heteroatoms. The van der Waals surface area contributed by atoms with Crippen LogP contribution in [0, 0.1) is 0 Å². The maximum absolute atomic E-state index is 12.0. The summed E-state index contributed by atoms with van der Waals surface area (Å²) in [7, 11) is -3.65. The number of hydrogen-bond donors (Lipinski definition) is 2. The Labute approximate surface area is 132 Å². The fourth-order valence-corrected chi connectivity index (χ4v) is 5.49.